The molecule has 7 heteroatoms. The molecule has 7 nitrogen and oxygen atoms in total. The molecular formula is C22H27N5O2. The fourth-order valence-electron chi connectivity index (χ4n) is 3.36. The first-order valence-electron chi connectivity index (χ1n) is 10.3. The first-order chi connectivity index (χ1) is 14.0. The molecule has 2 aromatic heterocycles. The Bertz CT molecular complexity index is 1000. The summed E-state index contributed by atoms with van der Waals surface area (Å²) in [7, 11) is 0. The second-order valence-electron chi connectivity index (χ2n) is 8.14. The summed E-state index contributed by atoms with van der Waals surface area (Å²) in [6, 6.07) is 9.91. The Morgan fingerprint density at radius 3 is 2.76 bits per heavy atom. The topological polar surface area (TPSA) is 85.8 Å². The number of benzene rings is 1. The standard InChI is InChI=1S/C22H27N5O2/c1-14(2)10-11-19-13-20(22-25-24-15(3)29-22)26-27(19)18-9-4-6-16(12-18)21(28)23-17-7-5-8-17/h4,6,9,12-14,17H,5,7-8,10-11H2,1-3H3,(H,23,28). The van der Waals surface area contributed by atoms with E-state index in [-0.39, 0.29) is 5.91 Å². The van der Waals surface area contributed by atoms with E-state index in [0.717, 1.165) is 37.1 Å². The predicted molar refractivity (Wildman–Crippen MR) is 110 cm³/mol. The normalized spacial score (nSPS) is 14.2. The van der Waals surface area contributed by atoms with Crippen molar-refractivity contribution in [2.45, 2.75) is 58.9 Å². The van der Waals surface area contributed by atoms with Crippen molar-refractivity contribution >= 4 is 5.91 Å². The first-order valence-corrected chi connectivity index (χ1v) is 10.3. The van der Waals surface area contributed by atoms with Gasteiger partial charge in [-0.25, -0.2) is 4.68 Å². The number of nitrogens with zero attached hydrogens (tertiary/aromatic N) is 4. The van der Waals surface area contributed by atoms with E-state index in [2.05, 4.69) is 29.4 Å². The van der Waals surface area contributed by atoms with Crippen LogP contribution in [-0.4, -0.2) is 31.9 Å². The van der Waals surface area contributed by atoms with Crippen molar-refractivity contribution in [1.82, 2.24) is 25.3 Å². The SMILES string of the molecule is Cc1nnc(-c2cc(CCC(C)C)n(-c3cccc(C(=O)NC4CCC4)c3)n2)o1. The average Bonchev–Trinajstić information content (AvgIpc) is 3.29. The number of amides is 1. The highest BCUT2D eigenvalue weighted by Gasteiger charge is 2.21. The molecule has 0 saturated heterocycles. The van der Waals surface area contributed by atoms with Crippen molar-refractivity contribution in [2.24, 2.45) is 5.92 Å². The van der Waals surface area contributed by atoms with Crippen LogP contribution in [0.3, 0.4) is 0 Å². The molecule has 4 rings (SSSR count). The van der Waals surface area contributed by atoms with E-state index in [0.29, 0.717) is 35.0 Å². The maximum absolute atomic E-state index is 12.6. The molecule has 0 bridgehead atoms. The number of carbonyl (C=O) groups excluding carboxylic acids is 1. The van der Waals surface area contributed by atoms with Gasteiger partial charge in [-0.3, -0.25) is 4.79 Å². The molecule has 29 heavy (non-hydrogen) atoms. The second-order valence-corrected chi connectivity index (χ2v) is 8.14. The summed E-state index contributed by atoms with van der Waals surface area (Å²) in [5.41, 5.74) is 3.21. The summed E-state index contributed by atoms with van der Waals surface area (Å²) in [5.74, 6) is 1.46. The van der Waals surface area contributed by atoms with Crippen LogP contribution >= 0.6 is 0 Å². The molecular weight excluding hydrogens is 366 g/mol. The van der Waals surface area contributed by atoms with E-state index < -0.39 is 0 Å². The average molecular weight is 393 g/mol. The van der Waals surface area contributed by atoms with Crippen LogP contribution in [0.1, 0.15) is 61.5 Å². The van der Waals surface area contributed by atoms with Gasteiger partial charge in [0.2, 0.25) is 5.89 Å². The number of nitrogens with one attached hydrogen (secondary N) is 1. The fraction of sp³-hybridized carbons (Fsp3) is 0.455. The van der Waals surface area contributed by atoms with Gasteiger partial charge in [0.05, 0.1) is 5.69 Å². The van der Waals surface area contributed by atoms with Crippen molar-refractivity contribution in [3.05, 3.63) is 47.5 Å². The molecule has 152 valence electrons. The zero-order valence-electron chi connectivity index (χ0n) is 17.2. The fourth-order valence-corrected chi connectivity index (χ4v) is 3.36. The smallest absolute Gasteiger partial charge is 0.268 e. The predicted octanol–water partition coefficient (Wildman–Crippen LogP) is 4.10. The molecule has 0 unspecified atom stereocenters. The molecule has 2 heterocycles. The van der Waals surface area contributed by atoms with Gasteiger partial charge < -0.3 is 9.73 Å². The third-order valence-corrected chi connectivity index (χ3v) is 5.30. The highest BCUT2D eigenvalue weighted by molar-refractivity contribution is 5.95. The largest absolute Gasteiger partial charge is 0.420 e. The van der Waals surface area contributed by atoms with E-state index >= 15 is 0 Å². The van der Waals surface area contributed by atoms with E-state index in [9.17, 15) is 4.79 Å². The van der Waals surface area contributed by atoms with Gasteiger partial charge in [-0.1, -0.05) is 19.9 Å². The minimum atomic E-state index is -0.0276. The highest BCUT2D eigenvalue weighted by Crippen LogP contribution is 2.24. The number of hydrogen-bond donors (Lipinski definition) is 1. The second kappa shape index (κ2) is 8.19. The van der Waals surface area contributed by atoms with Crippen LogP contribution in [0.25, 0.3) is 17.3 Å². The number of aryl methyl sites for hydroxylation is 2. The molecule has 0 atom stereocenters. The summed E-state index contributed by atoms with van der Waals surface area (Å²) < 4.78 is 7.45. The molecule has 1 N–H and O–H groups in total. The number of aromatic nitrogens is 4. The van der Waals surface area contributed by atoms with Crippen molar-refractivity contribution < 1.29 is 9.21 Å². The minimum Gasteiger partial charge on any atom is -0.420 e. The van der Waals surface area contributed by atoms with Crippen molar-refractivity contribution in [3.8, 4) is 17.3 Å². The molecule has 0 aliphatic heterocycles. The molecule has 1 saturated carbocycles. The Kier molecular flexibility index (Phi) is 5.47. The van der Waals surface area contributed by atoms with Crippen LogP contribution in [0.2, 0.25) is 0 Å². The van der Waals surface area contributed by atoms with Crippen molar-refractivity contribution in [3.63, 3.8) is 0 Å². The molecule has 3 aromatic rings. The van der Waals surface area contributed by atoms with E-state index in [4.69, 9.17) is 9.52 Å². The van der Waals surface area contributed by atoms with Crippen LogP contribution < -0.4 is 5.32 Å². The molecule has 0 spiro atoms. The molecule has 1 aromatic carbocycles. The number of hydrogen-bond acceptors (Lipinski definition) is 5. The van der Waals surface area contributed by atoms with Crippen LogP contribution in [0.5, 0.6) is 0 Å². The third-order valence-electron chi connectivity index (χ3n) is 5.30. The van der Waals surface area contributed by atoms with Gasteiger partial charge in [-0.05, 0) is 62.3 Å². The highest BCUT2D eigenvalue weighted by atomic mass is 16.4. The Balaban J connectivity index is 1.65. The van der Waals surface area contributed by atoms with E-state index in [1.165, 1.54) is 6.42 Å². The van der Waals surface area contributed by atoms with Crippen LogP contribution in [0.15, 0.2) is 34.7 Å². The van der Waals surface area contributed by atoms with Gasteiger partial charge in [-0.15, -0.1) is 10.2 Å². The first kappa shape index (κ1) is 19.4. The van der Waals surface area contributed by atoms with Gasteiger partial charge in [0.25, 0.3) is 11.8 Å². The summed E-state index contributed by atoms with van der Waals surface area (Å²) in [4.78, 5) is 12.6. The summed E-state index contributed by atoms with van der Waals surface area (Å²) in [6.07, 6.45) is 5.23. The quantitative estimate of drug-likeness (QED) is 0.653. The lowest BCUT2D eigenvalue weighted by atomic mass is 9.93. The summed E-state index contributed by atoms with van der Waals surface area (Å²) in [5, 5.41) is 15.8. The van der Waals surface area contributed by atoms with Crippen molar-refractivity contribution in [1.29, 1.82) is 0 Å². The van der Waals surface area contributed by atoms with Crippen molar-refractivity contribution in [2.75, 3.05) is 0 Å². The monoisotopic (exact) mass is 393 g/mol. The maximum atomic E-state index is 12.6. The van der Waals surface area contributed by atoms with Crippen LogP contribution in [0, 0.1) is 12.8 Å². The van der Waals surface area contributed by atoms with E-state index in [1.807, 2.05) is 35.0 Å². The molecule has 1 aliphatic carbocycles. The number of carbonyl (C=O) groups is 1. The Morgan fingerprint density at radius 2 is 2.10 bits per heavy atom. The van der Waals surface area contributed by atoms with Crippen LogP contribution in [-0.2, 0) is 6.42 Å². The molecule has 1 aliphatic rings. The minimum absolute atomic E-state index is 0.0276. The Labute approximate surface area is 170 Å². The van der Waals surface area contributed by atoms with Gasteiger partial charge in [0.1, 0.15) is 5.69 Å². The Morgan fingerprint density at radius 1 is 1.28 bits per heavy atom. The van der Waals surface area contributed by atoms with Gasteiger partial charge in [0, 0.05) is 24.2 Å². The Hall–Kier alpha value is -2.96. The molecule has 0 radical (unpaired) electrons. The van der Waals surface area contributed by atoms with Gasteiger partial charge in [0.15, 0.2) is 0 Å². The maximum Gasteiger partial charge on any atom is 0.268 e. The molecule has 1 amide bonds. The zero-order valence-corrected chi connectivity index (χ0v) is 17.2. The summed E-state index contributed by atoms with van der Waals surface area (Å²) in [6.45, 7) is 6.17. The number of rotatable bonds is 7. The van der Waals surface area contributed by atoms with E-state index in [1.54, 1.807) is 6.92 Å². The lowest BCUT2D eigenvalue weighted by molar-refractivity contribution is 0.0917. The van der Waals surface area contributed by atoms with Gasteiger partial charge >= 0.3 is 0 Å². The van der Waals surface area contributed by atoms with Crippen LogP contribution in [0.4, 0.5) is 0 Å². The van der Waals surface area contributed by atoms with Gasteiger partial charge in [-0.2, -0.15) is 5.10 Å². The lowest BCUT2D eigenvalue weighted by Gasteiger charge is -2.26. The molecule has 1 fully saturated rings. The zero-order chi connectivity index (χ0) is 20.4. The third kappa shape index (κ3) is 4.39. The lowest BCUT2D eigenvalue weighted by Crippen LogP contribution is -2.39. The summed E-state index contributed by atoms with van der Waals surface area (Å²) >= 11 is 0.